The maximum absolute atomic E-state index is 12.0. The number of nitrogens with zero attached hydrogens (tertiary/aromatic N) is 1. The Morgan fingerprint density at radius 2 is 1.62 bits per heavy atom. The fraction of sp³-hybridized carbons (Fsp3) is 1.00. The fourth-order valence-corrected chi connectivity index (χ4v) is 3.48. The van der Waals surface area contributed by atoms with E-state index in [1.54, 1.807) is 4.31 Å². The quantitative estimate of drug-likeness (QED) is 0.744. The molecule has 1 rings (SSSR count). The molecule has 0 radical (unpaired) electrons. The topological polar surface area (TPSA) is 49.4 Å². The normalized spacial score (nSPS) is 20.3. The van der Waals surface area contributed by atoms with E-state index >= 15 is 0 Å². The highest BCUT2D eigenvalue weighted by Crippen LogP contribution is 2.13. The van der Waals surface area contributed by atoms with Crippen molar-refractivity contribution in [1.29, 1.82) is 0 Å². The van der Waals surface area contributed by atoms with Gasteiger partial charge in [-0.05, 0) is 19.4 Å². The van der Waals surface area contributed by atoms with Crippen molar-refractivity contribution in [3.05, 3.63) is 0 Å². The van der Waals surface area contributed by atoms with Crippen LogP contribution in [0, 0.1) is 0 Å². The monoisotopic (exact) mass is 248 g/mol. The van der Waals surface area contributed by atoms with Crippen LogP contribution in [0.15, 0.2) is 0 Å². The Bertz CT molecular complexity index is 270. The van der Waals surface area contributed by atoms with Gasteiger partial charge < -0.3 is 5.32 Å². The lowest BCUT2D eigenvalue weighted by molar-refractivity contribution is 0.364. The highest BCUT2D eigenvalue weighted by Gasteiger charge is 2.21. The molecular weight excluding hydrogens is 224 g/mol. The van der Waals surface area contributed by atoms with Crippen LogP contribution in [0.5, 0.6) is 0 Å². The van der Waals surface area contributed by atoms with Crippen LogP contribution in [0.1, 0.15) is 39.0 Å². The largest absolute Gasteiger partial charge is 0.316 e. The van der Waals surface area contributed by atoms with Crippen LogP contribution >= 0.6 is 0 Å². The lowest BCUT2D eigenvalue weighted by Gasteiger charge is -2.24. The fourth-order valence-electron chi connectivity index (χ4n) is 2.00. The molecule has 0 aliphatic carbocycles. The Balaban J connectivity index is 2.44. The molecule has 1 heterocycles. The molecule has 16 heavy (non-hydrogen) atoms. The summed E-state index contributed by atoms with van der Waals surface area (Å²) >= 11 is 0. The summed E-state index contributed by atoms with van der Waals surface area (Å²) in [4.78, 5) is 0. The first kappa shape index (κ1) is 13.9. The number of rotatable bonds is 5. The van der Waals surface area contributed by atoms with Crippen molar-refractivity contribution in [2.75, 3.05) is 31.9 Å². The molecular formula is C11H24N2O2S. The van der Waals surface area contributed by atoms with E-state index in [0.717, 1.165) is 19.4 Å². The Kier molecular flexibility index (Phi) is 6.31. The highest BCUT2D eigenvalue weighted by atomic mass is 32.2. The molecule has 0 amide bonds. The average Bonchev–Trinajstić information content (AvgIpc) is 2.16. The van der Waals surface area contributed by atoms with Gasteiger partial charge in [-0.3, -0.25) is 0 Å². The Hall–Kier alpha value is -0.130. The zero-order valence-electron chi connectivity index (χ0n) is 10.2. The molecule has 0 spiro atoms. The Morgan fingerprint density at radius 3 is 2.19 bits per heavy atom. The summed E-state index contributed by atoms with van der Waals surface area (Å²) in [6.45, 7) is 4.82. The summed E-state index contributed by atoms with van der Waals surface area (Å²) in [5, 5.41) is 3.07. The van der Waals surface area contributed by atoms with Gasteiger partial charge in [-0.2, -0.15) is 0 Å². The maximum Gasteiger partial charge on any atom is 0.215 e. The zero-order valence-corrected chi connectivity index (χ0v) is 11.1. The smallest absolute Gasteiger partial charge is 0.215 e. The molecule has 1 saturated heterocycles. The van der Waals surface area contributed by atoms with Crippen LogP contribution in [0.2, 0.25) is 0 Å². The minimum atomic E-state index is -3.02. The number of hydrogen-bond acceptors (Lipinski definition) is 3. The van der Waals surface area contributed by atoms with E-state index in [1.165, 1.54) is 19.3 Å². The van der Waals surface area contributed by atoms with Crippen molar-refractivity contribution in [2.45, 2.75) is 39.0 Å². The van der Waals surface area contributed by atoms with Crippen LogP contribution in [0.3, 0.4) is 0 Å². The van der Waals surface area contributed by atoms with Crippen LogP contribution in [0.25, 0.3) is 0 Å². The standard InChI is InChI=1S/C11H24N2O2S/c1-2-12-8-11-16(14,15)13-9-6-4-3-5-7-10-13/h12H,2-11H2,1H3. The molecule has 1 fully saturated rings. The lowest BCUT2D eigenvalue weighted by Crippen LogP contribution is -2.38. The summed E-state index contributed by atoms with van der Waals surface area (Å²) in [5.41, 5.74) is 0. The summed E-state index contributed by atoms with van der Waals surface area (Å²) in [6.07, 6.45) is 5.62. The summed E-state index contributed by atoms with van der Waals surface area (Å²) in [7, 11) is -3.02. The van der Waals surface area contributed by atoms with Gasteiger partial charge in [0.2, 0.25) is 10.0 Å². The van der Waals surface area contributed by atoms with Crippen LogP contribution in [-0.2, 0) is 10.0 Å². The third-order valence-corrected chi connectivity index (χ3v) is 4.87. The van der Waals surface area contributed by atoms with E-state index in [2.05, 4.69) is 5.32 Å². The van der Waals surface area contributed by atoms with Crippen LogP contribution in [-0.4, -0.2) is 44.7 Å². The zero-order chi connectivity index (χ0) is 11.9. The van der Waals surface area contributed by atoms with Gasteiger partial charge in [0, 0.05) is 19.6 Å². The first-order chi connectivity index (χ1) is 7.67. The second-order valence-electron chi connectivity index (χ2n) is 4.34. The highest BCUT2D eigenvalue weighted by molar-refractivity contribution is 7.89. The second-order valence-corrected chi connectivity index (χ2v) is 6.42. The van der Waals surface area contributed by atoms with Gasteiger partial charge in [-0.25, -0.2) is 12.7 Å². The van der Waals surface area contributed by atoms with E-state index in [9.17, 15) is 8.42 Å². The summed E-state index contributed by atoms with van der Waals surface area (Å²) in [6, 6.07) is 0. The third-order valence-electron chi connectivity index (χ3n) is 3.00. The molecule has 4 nitrogen and oxygen atoms in total. The molecule has 0 aromatic carbocycles. The molecule has 1 N–H and O–H groups in total. The minimum Gasteiger partial charge on any atom is -0.316 e. The molecule has 0 aromatic rings. The van der Waals surface area contributed by atoms with Gasteiger partial charge in [0.1, 0.15) is 0 Å². The van der Waals surface area contributed by atoms with Gasteiger partial charge in [0.05, 0.1) is 5.75 Å². The molecule has 1 aliphatic rings. The first-order valence-corrected chi connectivity index (χ1v) is 7.96. The predicted molar refractivity (Wildman–Crippen MR) is 67.0 cm³/mol. The van der Waals surface area contributed by atoms with Gasteiger partial charge >= 0.3 is 0 Å². The molecule has 1 aliphatic heterocycles. The van der Waals surface area contributed by atoms with E-state index in [4.69, 9.17) is 0 Å². The van der Waals surface area contributed by atoms with Gasteiger partial charge in [0.15, 0.2) is 0 Å². The van der Waals surface area contributed by atoms with Crippen molar-refractivity contribution in [3.63, 3.8) is 0 Å². The first-order valence-electron chi connectivity index (χ1n) is 6.35. The van der Waals surface area contributed by atoms with Crippen molar-refractivity contribution < 1.29 is 8.42 Å². The van der Waals surface area contributed by atoms with E-state index in [0.29, 0.717) is 19.6 Å². The summed E-state index contributed by atoms with van der Waals surface area (Å²) in [5.74, 6) is 0.237. The minimum absolute atomic E-state index is 0.237. The molecule has 0 aromatic heterocycles. The molecule has 0 atom stereocenters. The number of nitrogens with one attached hydrogen (secondary N) is 1. The van der Waals surface area contributed by atoms with Crippen molar-refractivity contribution in [2.24, 2.45) is 0 Å². The molecule has 0 saturated carbocycles. The van der Waals surface area contributed by atoms with E-state index in [-0.39, 0.29) is 5.75 Å². The van der Waals surface area contributed by atoms with Gasteiger partial charge in [0.25, 0.3) is 0 Å². The summed E-state index contributed by atoms with van der Waals surface area (Å²) < 4.78 is 25.7. The number of hydrogen-bond donors (Lipinski definition) is 1. The van der Waals surface area contributed by atoms with Crippen LogP contribution in [0.4, 0.5) is 0 Å². The molecule has 5 heteroatoms. The SMILES string of the molecule is CCNCCS(=O)(=O)N1CCCCCCC1. The average molecular weight is 248 g/mol. The lowest BCUT2D eigenvalue weighted by atomic mass is 10.1. The van der Waals surface area contributed by atoms with E-state index in [1.807, 2.05) is 6.92 Å². The Morgan fingerprint density at radius 1 is 1.06 bits per heavy atom. The predicted octanol–water partition coefficient (Wildman–Crippen LogP) is 1.19. The maximum atomic E-state index is 12.0. The van der Waals surface area contributed by atoms with E-state index < -0.39 is 10.0 Å². The molecule has 0 bridgehead atoms. The Labute approximate surface area is 99.5 Å². The van der Waals surface area contributed by atoms with Crippen molar-refractivity contribution in [3.8, 4) is 0 Å². The van der Waals surface area contributed by atoms with Crippen molar-refractivity contribution >= 4 is 10.0 Å². The second kappa shape index (κ2) is 7.25. The third kappa shape index (κ3) is 4.80. The number of sulfonamides is 1. The molecule has 96 valence electrons. The van der Waals surface area contributed by atoms with Gasteiger partial charge in [-0.1, -0.05) is 26.2 Å². The molecule has 0 unspecified atom stereocenters. The van der Waals surface area contributed by atoms with Gasteiger partial charge in [-0.15, -0.1) is 0 Å². The van der Waals surface area contributed by atoms with Crippen LogP contribution < -0.4 is 5.32 Å². The van der Waals surface area contributed by atoms with Crippen molar-refractivity contribution in [1.82, 2.24) is 9.62 Å².